The van der Waals surface area contributed by atoms with Crippen molar-refractivity contribution in [2.45, 2.75) is 32.8 Å². The predicted molar refractivity (Wildman–Crippen MR) is 68.2 cm³/mol. The topological polar surface area (TPSA) is 20.2 Å². The molecule has 0 aromatic heterocycles. The normalized spacial score (nSPS) is 15.0. The molecule has 0 bridgehead atoms. The van der Waals surface area contributed by atoms with Crippen LogP contribution in [0.25, 0.3) is 0 Å². The lowest BCUT2D eigenvalue weighted by Crippen LogP contribution is -2.09. The van der Waals surface area contributed by atoms with Gasteiger partial charge in [-0.25, -0.2) is 0 Å². The first-order valence-electron chi connectivity index (χ1n) is 5.19. The molecule has 1 aromatic rings. The van der Waals surface area contributed by atoms with Crippen LogP contribution in [0.15, 0.2) is 22.7 Å². The lowest BCUT2D eigenvalue weighted by Gasteiger charge is -2.20. The molecule has 2 atom stereocenters. The maximum Gasteiger partial charge on any atom is 0.0830 e. The Morgan fingerprint density at radius 3 is 2.73 bits per heavy atom. The zero-order valence-electron chi connectivity index (χ0n) is 9.00. The second kappa shape index (κ2) is 5.88. The van der Waals surface area contributed by atoms with Crippen molar-refractivity contribution in [1.82, 2.24) is 0 Å². The molecule has 0 aliphatic carbocycles. The molecule has 1 N–H and O–H groups in total. The summed E-state index contributed by atoms with van der Waals surface area (Å²) >= 11 is 9.48. The number of benzene rings is 1. The highest BCUT2D eigenvalue weighted by atomic mass is 79.9. The number of aliphatic hydroxyl groups is 1. The van der Waals surface area contributed by atoms with Gasteiger partial charge in [-0.05, 0) is 34.3 Å². The van der Waals surface area contributed by atoms with Crippen LogP contribution < -0.4 is 0 Å². The van der Waals surface area contributed by atoms with E-state index in [9.17, 15) is 5.11 Å². The predicted octanol–water partition coefficient (Wildman–Crippen LogP) is 4.57. The van der Waals surface area contributed by atoms with Gasteiger partial charge in [-0.3, -0.25) is 0 Å². The van der Waals surface area contributed by atoms with Gasteiger partial charge in [-0.2, -0.15) is 0 Å². The molecule has 0 aliphatic rings. The number of hydrogen-bond acceptors (Lipinski definition) is 1. The van der Waals surface area contributed by atoms with Crippen LogP contribution in [0.2, 0.25) is 5.02 Å². The molecule has 0 radical (unpaired) electrons. The Hall–Kier alpha value is -0.0500. The van der Waals surface area contributed by atoms with Gasteiger partial charge in [0.05, 0.1) is 11.1 Å². The summed E-state index contributed by atoms with van der Waals surface area (Å²) in [6, 6.07) is 5.65. The van der Waals surface area contributed by atoms with E-state index >= 15 is 0 Å². The fourth-order valence-electron chi connectivity index (χ4n) is 1.67. The van der Waals surface area contributed by atoms with E-state index in [2.05, 4.69) is 22.9 Å². The number of rotatable bonds is 4. The number of aliphatic hydroxyl groups excluding tert-OH is 1. The van der Waals surface area contributed by atoms with E-state index < -0.39 is 6.10 Å². The summed E-state index contributed by atoms with van der Waals surface area (Å²) in [6.45, 7) is 4.16. The average Bonchev–Trinajstić information content (AvgIpc) is 2.21. The molecule has 1 nitrogen and oxygen atoms in total. The van der Waals surface area contributed by atoms with Crippen molar-refractivity contribution in [3.63, 3.8) is 0 Å². The third-order valence-electron chi connectivity index (χ3n) is 2.58. The molecule has 1 aromatic carbocycles. The first-order valence-corrected chi connectivity index (χ1v) is 6.37. The Balaban J connectivity index is 2.90. The van der Waals surface area contributed by atoms with Crippen molar-refractivity contribution < 1.29 is 5.11 Å². The molecule has 15 heavy (non-hydrogen) atoms. The van der Waals surface area contributed by atoms with Crippen LogP contribution in [0, 0.1) is 5.92 Å². The van der Waals surface area contributed by atoms with Crippen molar-refractivity contribution in [3.8, 4) is 0 Å². The van der Waals surface area contributed by atoms with Gasteiger partial charge in [-0.15, -0.1) is 0 Å². The van der Waals surface area contributed by atoms with Crippen LogP contribution in [-0.2, 0) is 0 Å². The van der Waals surface area contributed by atoms with Gasteiger partial charge >= 0.3 is 0 Å². The van der Waals surface area contributed by atoms with E-state index in [4.69, 9.17) is 11.6 Å². The Bertz CT molecular complexity index is 327. The fraction of sp³-hybridized carbons (Fsp3) is 0.500. The average molecular weight is 292 g/mol. The molecule has 0 spiro atoms. The molecule has 0 saturated heterocycles. The highest BCUT2D eigenvalue weighted by molar-refractivity contribution is 9.10. The minimum absolute atomic E-state index is 0.238. The summed E-state index contributed by atoms with van der Waals surface area (Å²) in [5, 5.41) is 10.7. The van der Waals surface area contributed by atoms with Crippen LogP contribution in [0.5, 0.6) is 0 Å². The Morgan fingerprint density at radius 2 is 2.13 bits per heavy atom. The van der Waals surface area contributed by atoms with E-state index in [1.807, 2.05) is 25.1 Å². The lowest BCUT2D eigenvalue weighted by molar-refractivity contribution is 0.112. The van der Waals surface area contributed by atoms with Crippen LogP contribution in [0.1, 0.15) is 38.4 Å². The monoisotopic (exact) mass is 290 g/mol. The van der Waals surface area contributed by atoms with E-state index in [1.54, 1.807) is 0 Å². The Kier molecular flexibility index (Phi) is 5.10. The van der Waals surface area contributed by atoms with Crippen molar-refractivity contribution in [1.29, 1.82) is 0 Å². The SMILES string of the molecule is CCCC(C)C(O)c1cccc(Br)c1Cl. The maximum absolute atomic E-state index is 10.1. The zero-order valence-corrected chi connectivity index (χ0v) is 11.3. The summed E-state index contributed by atoms with van der Waals surface area (Å²) < 4.78 is 0.837. The molecule has 2 unspecified atom stereocenters. The summed E-state index contributed by atoms with van der Waals surface area (Å²) in [7, 11) is 0. The van der Waals surface area contributed by atoms with E-state index in [0.717, 1.165) is 22.9 Å². The van der Waals surface area contributed by atoms with Gasteiger partial charge in [0.25, 0.3) is 0 Å². The molecular formula is C12H16BrClO. The fourth-order valence-corrected chi connectivity index (χ4v) is 2.29. The summed E-state index contributed by atoms with van der Waals surface area (Å²) in [5.74, 6) is 0.238. The van der Waals surface area contributed by atoms with Gasteiger partial charge < -0.3 is 5.11 Å². The second-order valence-electron chi connectivity index (χ2n) is 3.85. The molecule has 0 aliphatic heterocycles. The molecule has 84 valence electrons. The first-order chi connectivity index (χ1) is 7.07. The molecule has 3 heteroatoms. The third kappa shape index (κ3) is 3.20. The summed E-state index contributed by atoms with van der Waals surface area (Å²) in [5.41, 5.74) is 0.812. The molecular weight excluding hydrogens is 275 g/mol. The quantitative estimate of drug-likeness (QED) is 0.861. The first kappa shape index (κ1) is 13.0. The van der Waals surface area contributed by atoms with Gasteiger partial charge in [0.15, 0.2) is 0 Å². The lowest BCUT2D eigenvalue weighted by atomic mass is 9.94. The molecule has 0 heterocycles. The largest absolute Gasteiger partial charge is 0.388 e. The number of halogens is 2. The molecule has 0 saturated carbocycles. The Morgan fingerprint density at radius 1 is 1.47 bits per heavy atom. The van der Waals surface area contributed by atoms with Crippen LogP contribution in [0.3, 0.4) is 0 Å². The van der Waals surface area contributed by atoms with Gasteiger partial charge in [-0.1, -0.05) is 44.0 Å². The number of hydrogen-bond donors (Lipinski definition) is 1. The molecule has 1 rings (SSSR count). The van der Waals surface area contributed by atoms with Crippen LogP contribution >= 0.6 is 27.5 Å². The highest BCUT2D eigenvalue weighted by Gasteiger charge is 2.18. The van der Waals surface area contributed by atoms with Crippen molar-refractivity contribution >= 4 is 27.5 Å². The standard InChI is InChI=1S/C12H16BrClO/c1-3-5-8(2)12(15)9-6-4-7-10(13)11(9)14/h4,6-8,12,15H,3,5H2,1-2H3. The molecule has 0 amide bonds. The van der Waals surface area contributed by atoms with E-state index in [0.29, 0.717) is 5.02 Å². The van der Waals surface area contributed by atoms with Gasteiger partial charge in [0.1, 0.15) is 0 Å². The van der Waals surface area contributed by atoms with E-state index in [-0.39, 0.29) is 5.92 Å². The van der Waals surface area contributed by atoms with Gasteiger partial charge in [0, 0.05) is 10.0 Å². The summed E-state index contributed by atoms with van der Waals surface area (Å²) in [6.07, 6.45) is 1.60. The Labute approximate surface area is 105 Å². The smallest absolute Gasteiger partial charge is 0.0830 e. The zero-order chi connectivity index (χ0) is 11.4. The van der Waals surface area contributed by atoms with Gasteiger partial charge in [0.2, 0.25) is 0 Å². The van der Waals surface area contributed by atoms with Crippen molar-refractivity contribution in [2.24, 2.45) is 5.92 Å². The van der Waals surface area contributed by atoms with Crippen molar-refractivity contribution in [3.05, 3.63) is 33.3 Å². The maximum atomic E-state index is 10.1. The van der Waals surface area contributed by atoms with Crippen molar-refractivity contribution in [2.75, 3.05) is 0 Å². The second-order valence-corrected chi connectivity index (χ2v) is 5.09. The van der Waals surface area contributed by atoms with E-state index in [1.165, 1.54) is 0 Å². The third-order valence-corrected chi connectivity index (χ3v) is 3.89. The minimum atomic E-state index is -0.477. The molecule has 0 fully saturated rings. The summed E-state index contributed by atoms with van der Waals surface area (Å²) in [4.78, 5) is 0. The highest BCUT2D eigenvalue weighted by Crippen LogP contribution is 2.34. The van der Waals surface area contributed by atoms with Crippen LogP contribution in [-0.4, -0.2) is 5.11 Å². The minimum Gasteiger partial charge on any atom is -0.388 e. The van der Waals surface area contributed by atoms with Crippen LogP contribution in [0.4, 0.5) is 0 Å².